The molecule has 0 radical (unpaired) electrons. The van der Waals surface area contributed by atoms with E-state index in [0.29, 0.717) is 0 Å². The lowest BCUT2D eigenvalue weighted by Crippen LogP contribution is -2.44. The Hall–Kier alpha value is -2.06. The second kappa shape index (κ2) is 7.39. The molecule has 0 fully saturated rings. The van der Waals surface area contributed by atoms with Crippen LogP contribution in [0.3, 0.4) is 0 Å². The van der Waals surface area contributed by atoms with Crippen LogP contribution in [0.5, 0.6) is 0 Å². The standard InChI is InChI=1S/C10H19N3O6/c1-6-17-9(16)18-7(2)19-12-11-13(5)10(3,4)8(14)15/h7H,6H2,1-5H3,(H,14,15). The first-order valence-corrected chi connectivity index (χ1v) is 5.59. The Morgan fingerprint density at radius 3 is 2.47 bits per heavy atom. The Balaban J connectivity index is 4.22. The second-order valence-electron chi connectivity index (χ2n) is 4.03. The predicted octanol–water partition coefficient (Wildman–Crippen LogP) is 1.60. The van der Waals surface area contributed by atoms with Gasteiger partial charge in [0.2, 0.25) is 0 Å². The maximum absolute atomic E-state index is 10.9. The maximum Gasteiger partial charge on any atom is 0.511 e. The van der Waals surface area contributed by atoms with Crippen molar-refractivity contribution in [2.45, 2.75) is 39.5 Å². The maximum atomic E-state index is 10.9. The molecule has 0 amide bonds. The second-order valence-corrected chi connectivity index (χ2v) is 4.03. The average molecular weight is 277 g/mol. The summed E-state index contributed by atoms with van der Waals surface area (Å²) in [6.07, 6.45) is -1.88. The van der Waals surface area contributed by atoms with E-state index in [-0.39, 0.29) is 6.61 Å². The number of hydrogen-bond donors (Lipinski definition) is 1. The van der Waals surface area contributed by atoms with Gasteiger partial charge < -0.3 is 19.4 Å². The zero-order chi connectivity index (χ0) is 15.1. The highest BCUT2D eigenvalue weighted by molar-refractivity contribution is 5.77. The Labute approximate surface area is 111 Å². The molecule has 0 rings (SSSR count). The average Bonchev–Trinajstić information content (AvgIpc) is 2.28. The van der Waals surface area contributed by atoms with Crippen molar-refractivity contribution in [3.63, 3.8) is 0 Å². The summed E-state index contributed by atoms with van der Waals surface area (Å²) in [5, 5.41) is 16.9. The van der Waals surface area contributed by atoms with Crippen LogP contribution in [0, 0.1) is 0 Å². The molecular weight excluding hydrogens is 258 g/mol. The fraction of sp³-hybridized carbons (Fsp3) is 0.800. The molecule has 19 heavy (non-hydrogen) atoms. The van der Waals surface area contributed by atoms with E-state index in [1.165, 1.54) is 27.8 Å². The first-order chi connectivity index (χ1) is 8.71. The van der Waals surface area contributed by atoms with Crippen molar-refractivity contribution in [1.29, 1.82) is 0 Å². The quantitative estimate of drug-likeness (QED) is 0.325. The van der Waals surface area contributed by atoms with Gasteiger partial charge in [0.1, 0.15) is 0 Å². The lowest BCUT2D eigenvalue weighted by atomic mass is 10.1. The van der Waals surface area contributed by atoms with Gasteiger partial charge in [-0.15, -0.1) is 0 Å². The number of nitrogens with zero attached hydrogens (tertiary/aromatic N) is 3. The van der Waals surface area contributed by atoms with E-state index in [0.717, 1.165) is 5.01 Å². The first-order valence-electron chi connectivity index (χ1n) is 5.59. The van der Waals surface area contributed by atoms with Crippen LogP contribution in [0.2, 0.25) is 0 Å². The Bertz CT molecular complexity index is 344. The highest BCUT2D eigenvalue weighted by Crippen LogP contribution is 2.13. The van der Waals surface area contributed by atoms with Gasteiger partial charge in [0.25, 0.3) is 6.29 Å². The van der Waals surface area contributed by atoms with Gasteiger partial charge in [0, 0.05) is 19.2 Å². The Kier molecular flexibility index (Phi) is 6.59. The van der Waals surface area contributed by atoms with E-state index in [1.54, 1.807) is 6.92 Å². The molecule has 0 aliphatic rings. The summed E-state index contributed by atoms with van der Waals surface area (Å²) in [5.74, 6) is -1.07. The van der Waals surface area contributed by atoms with Gasteiger partial charge in [0.15, 0.2) is 5.54 Å². The van der Waals surface area contributed by atoms with Gasteiger partial charge in [-0.3, -0.25) is 5.01 Å². The lowest BCUT2D eigenvalue weighted by Gasteiger charge is -2.26. The van der Waals surface area contributed by atoms with E-state index < -0.39 is 24.0 Å². The van der Waals surface area contributed by atoms with Crippen molar-refractivity contribution >= 4 is 12.1 Å². The Morgan fingerprint density at radius 1 is 1.42 bits per heavy atom. The monoisotopic (exact) mass is 277 g/mol. The molecular formula is C10H19N3O6. The minimum absolute atomic E-state index is 0.183. The summed E-state index contributed by atoms with van der Waals surface area (Å²) < 4.78 is 9.16. The van der Waals surface area contributed by atoms with Gasteiger partial charge in [-0.1, -0.05) is 0 Å². The first kappa shape index (κ1) is 16.9. The number of ether oxygens (including phenoxy) is 2. The van der Waals surface area contributed by atoms with Crippen LogP contribution in [0.25, 0.3) is 0 Å². The molecule has 0 saturated carbocycles. The third-order valence-corrected chi connectivity index (χ3v) is 2.22. The fourth-order valence-corrected chi connectivity index (χ4v) is 0.701. The SMILES string of the molecule is CCOC(=O)OC(C)ON=NN(C)C(C)(C)C(=O)O. The lowest BCUT2D eigenvalue weighted by molar-refractivity contribution is -0.150. The number of carbonyl (C=O) groups is 2. The van der Waals surface area contributed by atoms with Crippen LogP contribution in [0.1, 0.15) is 27.7 Å². The molecule has 1 atom stereocenters. The summed E-state index contributed by atoms with van der Waals surface area (Å²) in [5.41, 5.74) is -1.24. The number of carboxylic acids is 1. The molecule has 0 heterocycles. The van der Waals surface area contributed by atoms with Crippen molar-refractivity contribution in [3.05, 3.63) is 0 Å². The summed E-state index contributed by atoms with van der Waals surface area (Å²) in [6, 6.07) is 0. The van der Waals surface area contributed by atoms with E-state index in [2.05, 4.69) is 20.0 Å². The highest BCUT2D eigenvalue weighted by Gasteiger charge is 2.32. The van der Waals surface area contributed by atoms with Crippen LogP contribution in [0.4, 0.5) is 4.79 Å². The molecule has 0 aliphatic heterocycles. The zero-order valence-corrected chi connectivity index (χ0v) is 11.6. The number of aliphatic carboxylic acids is 1. The minimum atomic E-state index is -1.24. The predicted molar refractivity (Wildman–Crippen MR) is 63.0 cm³/mol. The van der Waals surface area contributed by atoms with Gasteiger partial charge >= 0.3 is 12.1 Å². The molecule has 0 aliphatic carbocycles. The summed E-state index contributed by atoms with van der Waals surface area (Å²) >= 11 is 0. The van der Waals surface area contributed by atoms with Gasteiger partial charge in [-0.2, -0.15) is 0 Å². The van der Waals surface area contributed by atoms with Crippen molar-refractivity contribution in [2.24, 2.45) is 10.5 Å². The van der Waals surface area contributed by atoms with E-state index in [9.17, 15) is 9.59 Å². The molecule has 0 spiro atoms. The van der Waals surface area contributed by atoms with Gasteiger partial charge in [-0.25, -0.2) is 9.59 Å². The molecule has 110 valence electrons. The molecule has 9 heteroatoms. The highest BCUT2D eigenvalue weighted by atomic mass is 16.8. The molecule has 9 nitrogen and oxygen atoms in total. The molecule has 1 N–H and O–H groups in total. The molecule has 0 saturated heterocycles. The van der Waals surface area contributed by atoms with Crippen LogP contribution >= 0.6 is 0 Å². The van der Waals surface area contributed by atoms with Crippen molar-refractivity contribution in [1.82, 2.24) is 5.01 Å². The van der Waals surface area contributed by atoms with E-state index in [4.69, 9.17) is 9.94 Å². The molecule has 0 aromatic rings. The normalized spacial score (nSPS) is 12.9. The van der Waals surface area contributed by atoms with Crippen molar-refractivity contribution in [2.75, 3.05) is 13.7 Å². The largest absolute Gasteiger partial charge is 0.511 e. The number of likely N-dealkylation sites (N-methyl/N-ethyl adjacent to an activating group) is 1. The number of rotatable bonds is 7. The van der Waals surface area contributed by atoms with Crippen LogP contribution in [-0.2, 0) is 19.1 Å². The summed E-state index contributed by atoms with van der Waals surface area (Å²) in [4.78, 5) is 26.5. The van der Waals surface area contributed by atoms with Gasteiger partial charge in [0.05, 0.1) is 6.61 Å². The topological polar surface area (TPSA) is 110 Å². The van der Waals surface area contributed by atoms with Crippen LogP contribution in [0.15, 0.2) is 10.5 Å². The zero-order valence-electron chi connectivity index (χ0n) is 11.6. The minimum Gasteiger partial charge on any atom is -0.479 e. The van der Waals surface area contributed by atoms with Crippen molar-refractivity contribution in [3.8, 4) is 0 Å². The molecule has 0 bridgehead atoms. The van der Waals surface area contributed by atoms with Gasteiger partial charge in [-0.05, 0) is 26.0 Å². The van der Waals surface area contributed by atoms with Crippen LogP contribution in [-0.4, -0.2) is 47.7 Å². The summed E-state index contributed by atoms with van der Waals surface area (Å²) in [6.45, 7) is 6.14. The molecule has 1 unspecified atom stereocenters. The van der Waals surface area contributed by atoms with E-state index >= 15 is 0 Å². The van der Waals surface area contributed by atoms with Crippen molar-refractivity contribution < 1.29 is 29.0 Å². The number of carboxylic acid groups (broad SMARTS) is 1. The van der Waals surface area contributed by atoms with Crippen LogP contribution < -0.4 is 0 Å². The molecule has 0 aromatic heterocycles. The summed E-state index contributed by atoms with van der Waals surface area (Å²) in [7, 11) is 1.43. The fourth-order valence-electron chi connectivity index (χ4n) is 0.701. The number of hydrogen-bond acceptors (Lipinski definition) is 7. The third-order valence-electron chi connectivity index (χ3n) is 2.22. The smallest absolute Gasteiger partial charge is 0.479 e. The van der Waals surface area contributed by atoms with E-state index in [1.807, 2.05) is 0 Å². The molecule has 0 aromatic carbocycles. The Morgan fingerprint density at radius 2 is 2.00 bits per heavy atom. The third kappa shape index (κ3) is 5.89. The number of carbonyl (C=O) groups excluding carboxylic acids is 1.